The lowest BCUT2D eigenvalue weighted by Gasteiger charge is -2.36. The number of nitrogens with one attached hydrogen (secondary N) is 1. The maximum Gasteiger partial charge on any atom is 0.345 e. The van der Waals surface area contributed by atoms with E-state index < -0.39 is 41.8 Å². The Hall–Kier alpha value is -2.21. The van der Waals surface area contributed by atoms with Gasteiger partial charge >= 0.3 is 20.9 Å². The molecule has 0 spiro atoms. The van der Waals surface area contributed by atoms with E-state index in [0.29, 0.717) is 24.5 Å². The van der Waals surface area contributed by atoms with Gasteiger partial charge < -0.3 is 18.1 Å². The monoisotopic (exact) mass is 606 g/mol. The summed E-state index contributed by atoms with van der Waals surface area (Å²) in [6.45, 7) is 8.94. The summed E-state index contributed by atoms with van der Waals surface area (Å²) in [4.78, 5) is 21.2. The van der Waals surface area contributed by atoms with Gasteiger partial charge in [-0.25, -0.2) is 0 Å². The molecular weight excluding hydrogens is 566 g/mol. The third kappa shape index (κ3) is 8.64. The third-order valence-electron chi connectivity index (χ3n) is 6.65. The van der Waals surface area contributed by atoms with Crippen LogP contribution < -0.4 is 5.43 Å². The molecule has 226 valence electrons. The molecule has 0 unspecified atom stereocenters. The van der Waals surface area contributed by atoms with Crippen LogP contribution in [0, 0.1) is 32.1 Å². The highest BCUT2D eigenvalue weighted by atomic mass is 31.2. The van der Waals surface area contributed by atoms with E-state index in [0.717, 1.165) is 25.0 Å². The van der Waals surface area contributed by atoms with E-state index in [4.69, 9.17) is 18.1 Å². The molecule has 2 atom stereocenters. The Kier molecular flexibility index (Phi) is 13.3. The number of rotatable bonds is 17. The lowest BCUT2D eigenvalue weighted by Crippen LogP contribution is -2.30. The van der Waals surface area contributed by atoms with Crippen molar-refractivity contribution in [2.75, 3.05) is 31.9 Å². The highest BCUT2D eigenvalue weighted by Crippen LogP contribution is 2.72. The minimum absolute atomic E-state index is 0.0142. The maximum atomic E-state index is 14.1. The number of hydrogen-bond acceptors (Lipinski definition) is 12. The Morgan fingerprint density at radius 3 is 1.95 bits per heavy atom. The van der Waals surface area contributed by atoms with Crippen LogP contribution in [-0.2, 0) is 27.2 Å². The Balaban J connectivity index is 2.55. The fraction of sp³-hybridized carbons (Fsp3) is 0.708. The molecule has 0 heterocycles. The summed E-state index contributed by atoms with van der Waals surface area (Å²) in [5, 5.41) is 25.9. The molecule has 1 aliphatic rings. The van der Waals surface area contributed by atoms with Gasteiger partial charge in [0.25, 0.3) is 5.69 Å². The predicted molar refractivity (Wildman–Crippen MR) is 152 cm³/mol. The molecule has 0 aromatic heterocycles. The smallest absolute Gasteiger partial charge is 0.308 e. The molecule has 1 aliphatic carbocycles. The number of benzene rings is 1. The van der Waals surface area contributed by atoms with E-state index in [1.165, 1.54) is 6.07 Å². The number of hydrogen-bond donors (Lipinski definition) is 1. The standard InChI is InChI=1S/C24H40N4O10P2/c1-6-18-11-13-21(25-26-22-14-12-20(27(29)30)17-23(22)28(31)32)19(15-18)16-24(39(33,35-7-2)36-8-3)40(34,37-9-4)38-10-5/h12,14,17-19,24,26H,6-11,13,15-16H2,1-5H3/b25-21+/t18-,19+/m1/s1. The van der Waals surface area contributed by atoms with Crippen LogP contribution in [0.2, 0.25) is 0 Å². The largest absolute Gasteiger partial charge is 0.345 e. The lowest BCUT2D eigenvalue weighted by molar-refractivity contribution is -0.393. The van der Waals surface area contributed by atoms with E-state index >= 15 is 0 Å². The summed E-state index contributed by atoms with van der Waals surface area (Å²) in [5.74, 6) is -0.0350. The van der Waals surface area contributed by atoms with Crippen molar-refractivity contribution in [1.29, 1.82) is 0 Å². The van der Waals surface area contributed by atoms with Crippen molar-refractivity contribution in [3.63, 3.8) is 0 Å². The quantitative estimate of drug-likeness (QED) is 0.106. The van der Waals surface area contributed by atoms with Crippen molar-refractivity contribution >= 4 is 38.0 Å². The number of nitro benzene ring substituents is 2. The Morgan fingerprint density at radius 2 is 1.50 bits per heavy atom. The molecule has 1 aromatic carbocycles. The lowest BCUT2D eigenvalue weighted by atomic mass is 9.77. The minimum Gasteiger partial charge on any atom is -0.308 e. The van der Waals surface area contributed by atoms with Crippen molar-refractivity contribution in [3.8, 4) is 0 Å². The number of non-ortho nitro benzene ring substituents is 1. The van der Waals surface area contributed by atoms with Gasteiger partial charge in [-0.2, -0.15) is 5.10 Å². The predicted octanol–water partition coefficient (Wildman–Crippen LogP) is 7.35. The van der Waals surface area contributed by atoms with Crippen LogP contribution in [0.25, 0.3) is 0 Å². The van der Waals surface area contributed by atoms with Gasteiger partial charge in [-0.1, -0.05) is 13.3 Å². The average Bonchev–Trinajstić information content (AvgIpc) is 2.91. The van der Waals surface area contributed by atoms with Crippen molar-refractivity contribution in [2.45, 2.75) is 72.1 Å². The van der Waals surface area contributed by atoms with E-state index in [1.807, 2.05) is 0 Å². The van der Waals surface area contributed by atoms with E-state index in [1.54, 1.807) is 27.7 Å². The zero-order valence-electron chi connectivity index (χ0n) is 23.6. The van der Waals surface area contributed by atoms with Crippen LogP contribution in [-0.4, -0.2) is 47.4 Å². The molecule has 1 aromatic rings. The average molecular weight is 607 g/mol. The molecule has 14 nitrogen and oxygen atoms in total. The van der Waals surface area contributed by atoms with Gasteiger partial charge in [0.2, 0.25) is 0 Å². The molecule has 1 saturated carbocycles. The molecule has 40 heavy (non-hydrogen) atoms. The molecule has 16 heteroatoms. The summed E-state index contributed by atoms with van der Waals surface area (Å²) in [5.41, 5.74) is 2.40. The fourth-order valence-electron chi connectivity index (χ4n) is 4.80. The van der Waals surface area contributed by atoms with E-state index in [9.17, 15) is 29.4 Å². The highest BCUT2D eigenvalue weighted by Gasteiger charge is 2.52. The number of anilines is 1. The fourth-order valence-corrected chi connectivity index (χ4v) is 10.3. The van der Waals surface area contributed by atoms with Crippen LogP contribution >= 0.6 is 15.2 Å². The van der Waals surface area contributed by atoms with Gasteiger partial charge in [0.05, 0.1) is 42.3 Å². The molecule has 0 saturated heterocycles. The molecule has 0 bridgehead atoms. The normalized spacial score (nSPS) is 19.2. The van der Waals surface area contributed by atoms with Gasteiger partial charge in [-0.05, 0) is 65.4 Å². The van der Waals surface area contributed by atoms with Crippen molar-refractivity contribution in [2.24, 2.45) is 16.9 Å². The Bertz CT molecular complexity index is 1100. The second kappa shape index (κ2) is 15.7. The Labute approximate surface area is 234 Å². The summed E-state index contributed by atoms with van der Waals surface area (Å²) in [6.07, 6.45) is 2.92. The summed E-state index contributed by atoms with van der Waals surface area (Å²) < 4.78 is 50.6. The second-order valence-electron chi connectivity index (χ2n) is 9.14. The van der Waals surface area contributed by atoms with E-state index in [2.05, 4.69) is 17.5 Å². The van der Waals surface area contributed by atoms with Gasteiger partial charge in [0.15, 0.2) is 5.40 Å². The summed E-state index contributed by atoms with van der Waals surface area (Å²) >= 11 is 0. The van der Waals surface area contributed by atoms with Crippen LogP contribution in [0.4, 0.5) is 17.1 Å². The van der Waals surface area contributed by atoms with Crippen LogP contribution in [0.15, 0.2) is 23.3 Å². The molecular formula is C24H40N4O10P2. The Morgan fingerprint density at radius 1 is 0.950 bits per heavy atom. The van der Waals surface area contributed by atoms with Crippen LogP contribution in [0.1, 0.15) is 66.7 Å². The summed E-state index contributed by atoms with van der Waals surface area (Å²) in [6, 6.07) is 3.25. The van der Waals surface area contributed by atoms with Gasteiger partial charge in [-0.3, -0.25) is 34.8 Å². The number of nitrogens with zero attached hydrogens (tertiary/aromatic N) is 3. The van der Waals surface area contributed by atoms with E-state index in [-0.39, 0.29) is 44.5 Å². The minimum atomic E-state index is -3.99. The first-order valence-electron chi connectivity index (χ1n) is 13.5. The first-order chi connectivity index (χ1) is 19.0. The number of nitro groups is 2. The highest BCUT2D eigenvalue weighted by molar-refractivity contribution is 7.72. The molecule has 0 aliphatic heterocycles. The molecule has 2 rings (SSSR count). The topological polar surface area (TPSA) is 182 Å². The second-order valence-corrected chi connectivity index (χ2v) is 14.0. The SMILES string of the molecule is CCOP(=O)(OCC)C(C[C@@H]1C[C@H](CC)CC/C1=N\Nc1ccc([N+](=O)[O-])cc1[N+](=O)[O-])P(=O)(OCC)OCC. The third-order valence-corrected chi connectivity index (χ3v) is 12.7. The zero-order chi connectivity index (χ0) is 29.9. The van der Waals surface area contributed by atoms with Crippen molar-refractivity contribution in [1.82, 2.24) is 0 Å². The number of hydrazone groups is 1. The van der Waals surface area contributed by atoms with Crippen molar-refractivity contribution in [3.05, 3.63) is 38.4 Å². The van der Waals surface area contributed by atoms with Crippen molar-refractivity contribution < 1.29 is 37.1 Å². The zero-order valence-corrected chi connectivity index (χ0v) is 25.4. The molecule has 0 radical (unpaired) electrons. The van der Waals surface area contributed by atoms with Crippen LogP contribution in [0.5, 0.6) is 0 Å². The van der Waals surface area contributed by atoms with Crippen LogP contribution in [0.3, 0.4) is 0 Å². The maximum absolute atomic E-state index is 14.1. The first kappa shape index (κ1) is 34.0. The first-order valence-corrected chi connectivity index (χ1v) is 16.7. The molecule has 0 amide bonds. The van der Waals surface area contributed by atoms with Gasteiger partial charge in [0, 0.05) is 17.7 Å². The van der Waals surface area contributed by atoms with Gasteiger partial charge in [-0.15, -0.1) is 0 Å². The molecule has 1 N–H and O–H groups in total. The molecule has 1 fully saturated rings. The summed E-state index contributed by atoms with van der Waals surface area (Å²) in [7, 11) is -7.97. The van der Waals surface area contributed by atoms with Gasteiger partial charge in [0.1, 0.15) is 5.69 Å².